The van der Waals surface area contributed by atoms with Crippen molar-refractivity contribution in [1.82, 2.24) is 9.13 Å². The van der Waals surface area contributed by atoms with E-state index in [0.717, 1.165) is 116 Å². The summed E-state index contributed by atoms with van der Waals surface area (Å²) in [7, 11) is 0. The zero-order chi connectivity index (χ0) is 51.0. The predicted molar refractivity (Wildman–Crippen MR) is 296 cm³/mol. The summed E-state index contributed by atoms with van der Waals surface area (Å²) in [6, 6.07) is 69.9. The van der Waals surface area contributed by atoms with Gasteiger partial charge in [-0.15, -0.1) is 0 Å². The first-order valence-corrected chi connectivity index (χ1v) is 24.5. The number of hydrogen-bond donors (Lipinski definition) is 0. The number of aryl methyl sites for hydroxylation is 4. The average Bonchev–Trinajstić information content (AvgIpc) is 3.91. The van der Waals surface area contributed by atoms with E-state index < -0.39 is 11.7 Å². The lowest BCUT2D eigenvalue weighted by Crippen LogP contribution is -2.09. The summed E-state index contributed by atoms with van der Waals surface area (Å²) in [5.41, 5.74) is 16.1. The maximum atomic E-state index is 15.4. The van der Waals surface area contributed by atoms with Gasteiger partial charge in [0, 0.05) is 21.5 Å². The second kappa shape index (κ2) is 17.7. The van der Waals surface area contributed by atoms with Crippen LogP contribution in [0.2, 0.25) is 0 Å². The topological polar surface area (TPSA) is 57.4 Å². The first kappa shape index (κ1) is 45.7. The van der Waals surface area contributed by atoms with Crippen molar-refractivity contribution in [2.75, 3.05) is 0 Å². The molecule has 354 valence electrons. The highest BCUT2D eigenvalue weighted by Crippen LogP contribution is 2.46. The highest BCUT2D eigenvalue weighted by Gasteiger charge is 2.35. The summed E-state index contributed by atoms with van der Waals surface area (Å²) in [6.45, 7) is 8.35. The molecule has 4 nitrogen and oxygen atoms in total. The predicted octanol–water partition coefficient (Wildman–Crippen LogP) is 18.2. The Labute approximate surface area is 426 Å². The number of benzene rings is 10. The van der Waals surface area contributed by atoms with Crippen LogP contribution < -0.4 is 0 Å². The Hall–Kier alpha value is -9.43. The minimum Gasteiger partial charge on any atom is -0.308 e. The fraction of sp³-hybridized carbons (Fsp3) is 0.0746. The average molecular weight is 963 g/mol. The number of halogens is 3. The molecule has 2 heterocycles. The third-order valence-corrected chi connectivity index (χ3v) is 14.8. The van der Waals surface area contributed by atoms with Crippen molar-refractivity contribution in [2.45, 2.75) is 33.9 Å². The van der Waals surface area contributed by atoms with E-state index in [0.29, 0.717) is 11.4 Å². The van der Waals surface area contributed by atoms with Crippen LogP contribution in [0, 0.1) is 50.4 Å². The molecule has 0 aliphatic rings. The number of nitrogens with zero attached hydrogens (tertiary/aromatic N) is 4. The van der Waals surface area contributed by atoms with Gasteiger partial charge in [0.15, 0.2) is 0 Å². The molecular weight excluding hydrogens is 918 g/mol. The zero-order valence-corrected chi connectivity index (χ0v) is 41.0. The van der Waals surface area contributed by atoms with Crippen LogP contribution in [-0.4, -0.2) is 9.13 Å². The van der Waals surface area contributed by atoms with E-state index in [1.165, 1.54) is 12.1 Å². The Morgan fingerprint density at radius 3 is 0.986 bits per heavy atom. The molecule has 0 saturated heterocycles. The van der Waals surface area contributed by atoms with Crippen molar-refractivity contribution in [3.63, 3.8) is 0 Å². The van der Waals surface area contributed by atoms with E-state index in [2.05, 4.69) is 155 Å². The minimum absolute atomic E-state index is 0.109. The van der Waals surface area contributed by atoms with Crippen molar-refractivity contribution in [3.8, 4) is 79.1 Å². The molecule has 0 aliphatic carbocycles. The van der Waals surface area contributed by atoms with Crippen molar-refractivity contribution in [1.29, 1.82) is 10.5 Å². The molecule has 10 aromatic carbocycles. The van der Waals surface area contributed by atoms with Gasteiger partial charge in [-0.25, -0.2) is 0 Å². The quantitative estimate of drug-likeness (QED) is 0.160. The number of rotatable bonds is 7. The number of nitriles is 2. The minimum atomic E-state index is -4.81. The summed E-state index contributed by atoms with van der Waals surface area (Å²) in [4.78, 5) is 0. The fourth-order valence-corrected chi connectivity index (χ4v) is 11.2. The SMILES string of the molecule is Cc1ccccc1-c1ccc2c(c1)c1cc(-c3ccccc3C)ccc1n2-c1cc(-c2ccc(C#N)cc2C(F)(F)F)cc(-n2c3ccc(-c4ccccc4C)cc3c3cc(-c4ccccc4C)ccc32)c1C#N. The second-order valence-corrected chi connectivity index (χ2v) is 19.2. The Bertz CT molecular complexity index is 3940. The molecule has 2 aromatic heterocycles. The molecule has 74 heavy (non-hydrogen) atoms. The van der Waals surface area contributed by atoms with Gasteiger partial charge in [-0.2, -0.15) is 23.7 Å². The summed E-state index contributed by atoms with van der Waals surface area (Å²) in [5.74, 6) is 0. The molecule has 0 aliphatic heterocycles. The Morgan fingerprint density at radius 2 is 0.689 bits per heavy atom. The highest BCUT2D eigenvalue weighted by molar-refractivity contribution is 6.14. The molecule has 0 bridgehead atoms. The van der Waals surface area contributed by atoms with E-state index in [4.69, 9.17) is 0 Å². The van der Waals surface area contributed by atoms with Gasteiger partial charge in [0.1, 0.15) is 11.6 Å². The maximum absolute atomic E-state index is 15.4. The van der Waals surface area contributed by atoms with Crippen LogP contribution in [0.15, 0.2) is 200 Å². The number of alkyl halides is 3. The van der Waals surface area contributed by atoms with Gasteiger partial charge in [-0.1, -0.05) is 127 Å². The van der Waals surface area contributed by atoms with Gasteiger partial charge >= 0.3 is 6.18 Å². The Kier molecular flexibility index (Phi) is 10.9. The van der Waals surface area contributed by atoms with Gasteiger partial charge < -0.3 is 9.13 Å². The van der Waals surface area contributed by atoms with Gasteiger partial charge in [-0.3, -0.25) is 0 Å². The summed E-state index contributed by atoms with van der Waals surface area (Å²) < 4.78 is 50.4. The normalized spacial score (nSPS) is 11.7. The van der Waals surface area contributed by atoms with Gasteiger partial charge in [0.2, 0.25) is 0 Å². The molecule has 0 spiro atoms. The lowest BCUT2D eigenvalue weighted by molar-refractivity contribution is -0.137. The smallest absolute Gasteiger partial charge is 0.308 e. The third kappa shape index (κ3) is 7.52. The standard InChI is InChI=1S/C67H45F3N4/c1-40-13-5-9-17-50(40)45-22-27-61-55(32-45)56-33-46(51-18-10-6-14-41(51)2)23-28-62(56)73(61)65-36-49(54-26-21-44(38-71)31-60(54)67(68,69)70)37-66(59(65)39-72)74-63-29-24-47(52-19-11-7-15-42(52)3)34-57(63)58-35-48(25-30-64(58)74)53-20-12-8-16-43(53)4/h5-37H,1-4H3. The maximum Gasteiger partial charge on any atom is 0.417 e. The summed E-state index contributed by atoms with van der Waals surface area (Å²) in [5, 5.41) is 25.4. The molecule has 0 saturated carbocycles. The lowest BCUT2D eigenvalue weighted by Gasteiger charge is -2.20. The van der Waals surface area contributed by atoms with Crippen LogP contribution in [-0.2, 0) is 6.18 Å². The largest absolute Gasteiger partial charge is 0.417 e. The number of fused-ring (bicyclic) bond motifs is 6. The zero-order valence-electron chi connectivity index (χ0n) is 41.0. The van der Waals surface area contributed by atoms with Crippen LogP contribution in [0.3, 0.4) is 0 Å². The first-order valence-electron chi connectivity index (χ1n) is 24.5. The van der Waals surface area contributed by atoms with E-state index >= 15 is 13.2 Å². The van der Waals surface area contributed by atoms with Gasteiger partial charge in [0.25, 0.3) is 0 Å². The van der Waals surface area contributed by atoms with Crippen molar-refractivity contribution >= 4 is 43.6 Å². The molecular formula is C67H45F3N4. The monoisotopic (exact) mass is 962 g/mol. The number of hydrogen-bond acceptors (Lipinski definition) is 2. The Morgan fingerprint density at radius 1 is 0.351 bits per heavy atom. The summed E-state index contributed by atoms with van der Waals surface area (Å²) in [6.07, 6.45) is -4.81. The molecule has 12 rings (SSSR count). The van der Waals surface area contributed by atoms with E-state index in [1.54, 1.807) is 12.1 Å². The molecule has 7 heteroatoms. The van der Waals surface area contributed by atoms with Crippen molar-refractivity contribution < 1.29 is 13.2 Å². The molecule has 0 unspecified atom stereocenters. The molecule has 0 atom stereocenters. The molecule has 0 radical (unpaired) electrons. The van der Waals surface area contributed by atoms with Crippen molar-refractivity contribution in [2.24, 2.45) is 0 Å². The van der Waals surface area contributed by atoms with Gasteiger partial charge in [-0.05, 0) is 178 Å². The Balaban J connectivity index is 1.22. The van der Waals surface area contributed by atoms with Crippen LogP contribution >= 0.6 is 0 Å². The van der Waals surface area contributed by atoms with Gasteiger partial charge in [0.05, 0.1) is 50.6 Å². The van der Waals surface area contributed by atoms with Crippen molar-refractivity contribution in [3.05, 3.63) is 239 Å². The van der Waals surface area contributed by atoms with Crippen LogP contribution in [0.5, 0.6) is 0 Å². The number of aromatic nitrogens is 2. The van der Waals surface area contributed by atoms with Crippen LogP contribution in [0.25, 0.3) is 111 Å². The van der Waals surface area contributed by atoms with Crippen LogP contribution in [0.4, 0.5) is 13.2 Å². The second-order valence-electron chi connectivity index (χ2n) is 19.2. The van der Waals surface area contributed by atoms with E-state index in [1.807, 2.05) is 63.7 Å². The molecule has 0 fully saturated rings. The first-order chi connectivity index (χ1) is 35.9. The molecule has 0 N–H and O–H groups in total. The summed E-state index contributed by atoms with van der Waals surface area (Å²) >= 11 is 0. The van der Waals surface area contributed by atoms with Crippen LogP contribution in [0.1, 0.15) is 38.9 Å². The highest BCUT2D eigenvalue weighted by atomic mass is 19.4. The van der Waals surface area contributed by atoms with E-state index in [9.17, 15) is 10.5 Å². The fourth-order valence-electron chi connectivity index (χ4n) is 11.2. The third-order valence-electron chi connectivity index (χ3n) is 14.8. The lowest BCUT2D eigenvalue weighted by atomic mass is 9.94. The molecule has 12 aromatic rings. The van der Waals surface area contributed by atoms with E-state index in [-0.39, 0.29) is 22.3 Å². The molecule has 0 amide bonds.